The van der Waals surface area contributed by atoms with E-state index in [4.69, 9.17) is 22.1 Å². The number of hydrogen-bond acceptors (Lipinski definition) is 3. The monoisotopic (exact) mass is 371 g/mol. The number of hydrogen-bond donors (Lipinski definition) is 2. The number of halogens is 2. The molecule has 1 amide bonds. The van der Waals surface area contributed by atoms with Crippen LogP contribution in [0.3, 0.4) is 0 Å². The zero-order chi connectivity index (χ0) is 16.0. The number of carbonyl (C=O) groups is 1. The number of phenolic OH excluding ortho intramolecular Hbond substituents is 1. The van der Waals surface area contributed by atoms with Crippen molar-refractivity contribution in [1.82, 2.24) is 0 Å². The third-order valence-corrected chi connectivity index (χ3v) is 3.43. The number of benzene rings is 2. The van der Waals surface area contributed by atoms with E-state index < -0.39 is 5.91 Å². The molecule has 2 aromatic carbocycles. The van der Waals surface area contributed by atoms with Gasteiger partial charge in [-0.1, -0.05) is 29.3 Å². The minimum Gasteiger partial charge on any atom is -0.507 e. The highest BCUT2D eigenvalue weighted by Crippen LogP contribution is 2.31. The Hall–Kier alpha value is -1.72. The Kier molecular flexibility index (Phi) is 6.52. The first-order chi connectivity index (χ1) is 9.85. The lowest BCUT2D eigenvalue weighted by molar-refractivity contribution is 0.0997. The van der Waals surface area contributed by atoms with E-state index in [9.17, 15) is 9.90 Å². The minimum atomic E-state index is -0.639. The fourth-order valence-electron chi connectivity index (χ4n) is 1.44. The van der Waals surface area contributed by atoms with Crippen molar-refractivity contribution in [3.8, 4) is 11.5 Å². The van der Waals surface area contributed by atoms with Crippen LogP contribution in [0.2, 0.25) is 5.02 Å². The molecule has 0 heterocycles. The molecule has 0 atom stereocenters. The lowest BCUT2D eigenvalue weighted by atomic mass is 10.2. The van der Waals surface area contributed by atoms with Gasteiger partial charge in [0.15, 0.2) is 0 Å². The standard InChI is InChI=1S/C8H8BrNO3.C7H7Cl/c1-13-7-3-5(9)6(11)2-4(7)8(10)12;1-6-2-4-7(8)5-3-6/h2-3,11H,1H3,(H2,10,12);2-5H,1H3. The van der Waals surface area contributed by atoms with Gasteiger partial charge in [-0.05, 0) is 47.1 Å². The Labute approximate surface area is 136 Å². The molecule has 0 unspecified atom stereocenters. The third-order valence-electron chi connectivity index (χ3n) is 2.55. The number of aryl methyl sites for hydroxylation is 1. The molecule has 0 fully saturated rings. The highest BCUT2D eigenvalue weighted by molar-refractivity contribution is 9.10. The smallest absolute Gasteiger partial charge is 0.252 e. The summed E-state index contributed by atoms with van der Waals surface area (Å²) in [4.78, 5) is 10.9. The van der Waals surface area contributed by atoms with Crippen molar-refractivity contribution in [3.63, 3.8) is 0 Å². The molecule has 0 aliphatic rings. The molecule has 2 aromatic rings. The summed E-state index contributed by atoms with van der Waals surface area (Å²) in [5.74, 6) is -0.355. The maximum absolute atomic E-state index is 10.9. The van der Waals surface area contributed by atoms with E-state index in [0.717, 1.165) is 5.02 Å². The fourth-order valence-corrected chi connectivity index (χ4v) is 1.89. The zero-order valence-corrected chi connectivity index (χ0v) is 13.9. The molecule has 112 valence electrons. The van der Waals surface area contributed by atoms with E-state index in [1.807, 2.05) is 31.2 Å². The molecule has 0 saturated heterocycles. The van der Waals surface area contributed by atoms with Crippen LogP contribution in [0.4, 0.5) is 0 Å². The van der Waals surface area contributed by atoms with E-state index in [-0.39, 0.29) is 11.3 Å². The summed E-state index contributed by atoms with van der Waals surface area (Å²) >= 11 is 8.70. The second-order valence-electron chi connectivity index (χ2n) is 4.16. The molecule has 3 N–H and O–H groups in total. The van der Waals surface area contributed by atoms with E-state index in [2.05, 4.69) is 15.9 Å². The van der Waals surface area contributed by atoms with Gasteiger partial charge in [0.2, 0.25) is 0 Å². The Morgan fingerprint density at radius 3 is 2.29 bits per heavy atom. The van der Waals surface area contributed by atoms with Crippen LogP contribution >= 0.6 is 27.5 Å². The van der Waals surface area contributed by atoms with Crippen molar-refractivity contribution in [2.45, 2.75) is 6.92 Å². The highest BCUT2D eigenvalue weighted by Gasteiger charge is 2.12. The summed E-state index contributed by atoms with van der Waals surface area (Å²) in [5.41, 5.74) is 6.46. The number of amides is 1. The number of primary amides is 1. The molecule has 0 aromatic heterocycles. The van der Waals surface area contributed by atoms with E-state index in [0.29, 0.717) is 10.2 Å². The highest BCUT2D eigenvalue weighted by atomic mass is 79.9. The van der Waals surface area contributed by atoms with Crippen molar-refractivity contribution in [3.05, 3.63) is 57.0 Å². The van der Waals surface area contributed by atoms with Crippen LogP contribution in [-0.4, -0.2) is 18.1 Å². The van der Waals surface area contributed by atoms with E-state index in [1.54, 1.807) is 0 Å². The second kappa shape index (κ2) is 7.90. The molecule has 21 heavy (non-hydrogen) atoms. The van der Waals surface area contributed by atoms with Crippen LogP contribution in [0.5, 0.6) is 11.5 Å². The normalized spacial score (nSPS) is 9.52. The topological polar surface area (TPSA) is 72.6 Å². The number of ether oxygens (including phenoxy) is 1. The number of phenols is 1. The van der Waals surface area contributed by atoms with Gasteiger partial charge < -0.3 is 15.6 Å². The zero-order valence-electron chi connectivity index (χ0n) is 11.6. The molecular formula is C15H15BrClNO3. The molecule has 0 aliphatic carbocycles. The van der Waals surface area contributed by atoms with E-state index >= 15 is 0 Å². The number of aromatic hydroxyl groups is 1. The maximum atomic E-state index is 10.9. The molecule has 4 nitrogen and oxygen atoms in total. The van der Waals surface area contributed by atoms with Gasteiger partial charge in [0.1, 0.15) is 11.5 Å². The first-order valence-corrected chi connectivity index (χ1v) is 7.10. The SMILES string of the molecule is COc1cc(Br)c(O)cc1C(N)=O.Cc1ccc(Cl)cc1. The van der Waals surface area contributed by atoms with Crippen LogP contribution in [0.25, 0.3) is 0 Å². The molecule has 2 rings (SSSR count). The second-order valence-corrected chi connectivity index (χ2v) is 5.45. The summed E-state index contributed by atoms with van der Waals surface area (Å²) in [6, 6.07) is 10.5. The molecule has 0 radical (unpaired) electrons. The van der Waals surface area contributed by atoms with Crippen molar-refractivity contribution in [2.75, 3.05) is 7.11 Å². The predicted molar refractivity (Wildman–Crippen MR) is 87.1 cm³/mol. The van der Waals surface area contributed by atoms with Crippen LogP contribution in [0.1, 0.15) is 15.9 Å². The predicted octanol–water partition coefficient (Wildman–Crippen LogP) is 3.91. The van der Waals surface area contributed by atoms with Gasteiger partial charge in [-0.3, -0.25) is 4.79 Å². The summed E-state index contributed by atoms with van der Waals surface area (Å²) < 4.78 is 5.35. The first-order valence-electron chi connectivity index (χ1n) is 5.93. The van der Waals surface area contributed by atoms with Gasteiger partial charge in [-0.25, -0.2) is 0 Å². The van der Waals surface area contributed by atoms with E-state index in [1.165, 1.54) is 24.8 Å². The molecular weight excluding hydrogens is 358 g/mol. The van der Waals surface area contributed by atoms with Crippen LogP contribution < -0.4 is 10.5 Å². The van der Waals surface area contributed by atoms with Gasteiger partial charge >= 0.3 is 0 Å². The maximum Gasteiger partial charge on any atom is 0.252 e. The quantitative estimate of drug-likeness (QED) is 0.839. The fraction of sp³-hybridized carbons (Fsp3) is 0.133. The Balaban J connectivity index is 0.000000235. The number of carbonyl (C=O) groups excluding carboxylic acids is 1. The van der Waals surface area contributed by atoms with Crippen molar-refractivity contribution in [2.24, 2.45) is 5.73 Å². The summed E-state index contributed by atoms with van der Waals surface area (Å²) in [5, 5.41) is 10.1. The Morgan fingerprint density at radius 1 is 1.29 bits per heavy atom. The molecule has 0 saturated carbocycles. The Bertz CT molecular complexity index is 609. The van der Waals surface area contributed by atoms with Crippen LogP contribution in [-0.2, 0) is 0 Å². The van der Waals surface area contributed by atoms with Gasteiger partial charge in [-0.2, -0.15) is 0 Å². The number of methoxy groups -OCH3 is 1. The van der Waals surface area contributed by atoms with Gasteiger partial charge in [0.25, 0.3) is 5.91 Å². The summed E-state index contributed by atoms with van der Waals surface area (Å²) in [7, 11) is 1.42. The van der Waals surface area contributed by atoms with Crippen molar-refractivity contribution < 1.29 is 14.6 Å². The van der Waals surface area contributed by atoms with Crippen LogP contribution in [0, 0.1) is 6.92 Å². The molecule has 0 aliphatic heterocycles. The van der Waals surface area contributed by atoms with Crippen molar-refractivity contribution >= 4 is 33.4 Å². The van der Waals surface area contributed by atoms with Crippen molar-refractivity contribution in [1.29, 1.82) is 0 Å². The van der Waals surface area contributed by atoms with Crippen LogP contribution in [0.15, 0.2) is 40.9 Å². The lowest BCUT2D eigenvalue weighted by Gasteiger charge is -2.06. The number of nitrogens with two attached hydrogens (primary N) is 1. The van der Waals surface area contributed by atoms with Gasteiger partial charge in [-0.15, -0.1) is 0 Å². The van der Waals surface area contributed by atoms with Gasteiger partial charge in [0.05, 0.1) is 17.1 Å². The average Bonchev–Trinajstić information content (AvgIpc) is 2.45. The first kappa shape index (κ1) is 17.3. The average molecular weight is 373 g/mol. The minimum absolute atomic E-state index is 0.0467. The molecule has 0 bridgehead atoms. The third kappa shape index (κ3) is 5.28. The molecule has 6 heteroatoms. The Morgan fingerprint density at radius 2 is 1.86 bits per heavy atom. The summed E-state index contributed by atoms with van der Waals surface area (Å²) in [6.07, 6.45) is 0. The molecule has 0 spiro atoms. The number of rotatable bonds is 2. The lowest BCUT2D eigenvalue weighted by Crippen LogP contribution is -2.12. The summed E-state index contributed by atoms with van der Waals surface area (Å²) in [6.45, 7) is 2.04. The van der Waals surface area contributed by atoms with Gasteiger partial charge in [0, 0.05) is 5.02 Å². The largest absolute Gasteiger partial charge is 0.507 e.